The van der Waals surface area contributed by atoms with E-state index in [9.17, 15) is 0 Å². The number of hydrogen-bond acceptors (Lipinski definition) is 3. The van der Waals surface area contributed by atoms with Crippen LogP contribution < -0.4 is 5.32 Å². The van der Waals surface area contributed by atoms with Gasteiger partial charge in [-0.15, -0.1) is 0 Å². The molecule has 0 spiro atoms. The Morgan fingerprint density at radius 3 is 3.24 bits per heavy atom. The highest BCUT2D eigenvalue weighted by Gasteiger charge is 2.36. The van der Waals surface area contributed by atoms with Crippen LogP contribution in [0, 0.1) is 6.92 Å². The second-order valence-corrected chi connectivity index (χ2v) is 5.29. The van der Waals surface area contributed by atoms with E-state index in [1.807, 2.05) is 12.3 Å². The Hall–Kier alpha value is -0.930. The summed E-state index contributed by atoms with van der Waals surface area (Å²) in [6, 6.07) is 5.62. The minimum absolute atomic E-state index is 0.680. The first kappa shape index (κ1) is 11.2. The lowest BCUT2D eigenvalue weighted by Gasteiger charge is -2.21. The molecule has 0 aromatic carbocycles. The third-order valence-electron chi connectivity index (χ3n) is 4.26. The number of hydrogen-bond donors (Lipinski definition) is 1. The summed E-state index contributed by atoms with van der Waals surface area (Å²) in [7, 11) is 0. The van der Waals surface area contributed by atoms with Crippen LogP contribution in [0.1, 0.15) is 30.5 Å². The van der Waals surface area contributed by atoms with E-state index in [-0.39, 0.29) is 0 Å². The molecule has 2 atom stereocenters. The summed E-state index contributed by atoms with van der Waals surface area (Å²) in [5.41, 5.74) is 2.49. The zero-order chi connectivity index (χ0) is 11.7. The maximum Gasteiger partial charge on any atom is 0.0570 e. The fraction of sp³-hybridized carbons (Fsp3) is 0.643. The summed E-state index contributed by atoms with van der Waals surface area (Å²) in [6.45, 7) is 5.65. The van der Waals surface area contributed by atoms with Crippen LogP contribution in [0.4, 0.5) is 0 Å². The quantitative estimate of drug-likeness (QED) is 0.858. The fourth-order valence-corrected chi connectivity index (χ4v) is 3.25. The molecule has 0 bridgehead atoms. The van der Waals surface area contributed by atoms with E-state index in [0.717, 1.165) is 12.6 Å². The normalized spacial score (nSPS) is 28.5. The molecular formula is C14H21N3. The molecule has 1 aromatic rings. The molecule has 0 aliphatic carbocycles. The Morgan fingerprint density at radius 2 is 2.35 bits per heavy atom. The Labute approximate surface area is 103 Å². The van der Waals surface area contributed by atoms with E-state index in [1.54, 1.807) is 0 Å². The van der Waals surface area contributed by atoms with Crippen molar-refractivity contribution in [2.75, 3.05) is 13.1 Å². The Kier molecular flexibility index (Phi) is 3.12. The average Bonchev–Trinajstić information content (AvgIpc) is 2.91. The zero-order valence-corrected chi connectivity index (χ0v) is 10.5. The molecule has 0 radical (unpaired) electrons. The van der Waals surface area contributed by atoms with Crippen molar-refractivity contribution in [3.63, 3.8) is 0 Å². The van der Waals surface area contributed by atoms with Crippen molar-refractivity contribution in [2.24, 2.45) is 0 Å². The second-order valence-electron chi connectivity index (χ2n) is 5.29. The lowest BCUT2D eigenvalue weighted by atomic mass is 10.1. The number of fused-ring (bicyclic) bond motifs is 1. The van der Waals surface area contributed by atoms with Gasteiger partial charge in [-0.25, -0.2) is 0 Å². The Bertz CT molecular complexity index is 391. The number of nitrogens with one attached hydrogen (secondary N) is 1. The average molecular weight is 231 g/mol. The van der Waals surface area contributed by atoms with Crippen molar-refractivity contribution >= 4 is 0 Å². The minimum Gasteiger partial charge on any atom is -0.307 e. The van der Waals surface area contributed by atoms with E-state index in [0.29, 0.717) is 6.04 Å². The number of nitrogens with zero attached hydrogens (tertiary/aromatic N) is 2. The van der Waals surface area contributed by atoms with E-state index in [1.165, 1.54) is 43.6 Å². The molecule has 92 valence electrons. The first-order valence-electron chi connectivity index (χ1n) is 6.72. The summed E-state index contributed by atoms with van der Waals surface area (Å²) in [6.07, 6.45) is 5.95. The molecule has 2 unspecified atom stereocenters. The Balaban J connectivity index is 1.60. The van der Waals surface area contributed by atoms with E-state index in [2.05, 4.69) is 28.2 Å². The van der Waals surface area contributed by atoms with Gasteiger partial charge in [0.2, 0.25) is 0 Å². The third-order valence-corrected chi connectivity index (χ3v) is 4.26. The van der Waals surface area contributed by atoms with Crippen molar-refractivity contribution in [1.29, 1.82) is 0 Å². The monoisotopic (exact) mass is 231 g/mol. The number of aryl methyl sites for hydroxylation is 1. The molecule has 0 amide bonds. The fourth-order valence-electron chi connectivity index (χ4n) is 3.25. The van der Waals surface area contributed by atoms with Gasteiger partial charge in [0.15, 0.2) is 0 Å². The number of aromatic nitrogens is 1. The van der Waals surface area contributed by atoms with Gasteiger partial charge in [-0.05, 0) is 44.4 Å². The Morgan fingerprint density at radius 1 is 1.41 bits per heavy atom. The summed E-state index contributed by atoms with van der Waals surface area (Å²) >= 11 is 0. The third kappa shape index (κ3) is 2.22. The molecule has 3 heterocycles. The van der Waals surface area contributed by atoms with Crippen LogP contribution in [0.3, 0.4) is 0 Å². The number of pyridine rings is 1. The SMILES string of the molecule is Cc1cccnc1CNC1CCN2CCCC12. The highest BCUT2D eigenvalue weighted by molar-refractivity contribution is 5.17. The van der Waals surface area contributed by atoms with Crippen molar-refractivity contribution in [1.82, 2.24) is 15.2 Å². The molecule has 2 aliphatic heterocycles. The second kappa shape index (κ2) is 4.75. The van der Waals surface area contributed by atoms with Gasteiger partial charge in [0, 0.05) is 31.4 Å². The molecule has 1 aromatic heterocycles. The standard InChI is InChI=1S/C14H21N3/c1-11-4-2-7-15-13(11)10-16-12-6-9-17-8-3-5-14(12)17/h2,4,7,12,14,16H,3,5-6,8-10H2,1H3. The van der Waals surface area contributed by atoms with Crippen LogP contribution in [0.5, 0.6) is 0 Å². The van der Waals surface area contributed by atoms with Gasteiger partial charge in [-0.2, -0.15) is 0 Å². The van der Waals surface area contributed by atoms with Gasteiger partial charge in [-0.3, -0.25) is 9.88 Å². The van der Waals surface area contributed by atoms with Gasteiger partial charge >= 0.3 is 0 Å². The van der Waals surface area contributed by atoms with Crippen LogP contribution in [-0.4, -0.2) is 35.1 Å². The summed E-state index contributed by atoms with van der Waals surface area (Å²) in [5.74, 6) is 0. The largest absolute Gasteiger partial charge is 0.307 e. The summed E-state index contributed by atoms with van der Waals surface area (Å²) in [4.78, 5) is 7.09. The summed E-state index contributed by atoms with van der Waals surface area (Å²) in [5, 5.41) is 3.71. The van der Waals surface area contributed by atoms with Crippen molar-refractivity contribution < 1.29 is 0 Å². The molecule has 3 nitrogen and oxygen atoms in total. The minimum atomic E-state index is 0.680. The van der Waals surface area contributed by atoms with Crippen molar-refractivity contribution in [3.8, 4) is 0 Å². The molecular weight excluding hydrogens is 210 g/mol. The van der Waals surface area contributed by atoms with Crippen molar-refractivity contribution in [2.45, 2.75) is 44.8 Å². The lowest BCUT2D eigenvalue weighted by molar-refractivity contribution is 0.298. The molecule has 2 saturated heterocycles. The molecule has 1 N–H and O–H groups in total. The zero-order valence-electron chi connectivity index (χ0n) is 10.5. The highest BCUT2D eigenvalue weighted by Crippen LogP contribution is 2.28. The van der Waals surface area contributed by atoms with E-state index < -0.39 is 0 Å². The first-order chi connectivity index (χ1) is 8.34. The van der Waals surface area contributed by atoms with E-state index >= 15 is 0 Å². The van der Waals surface area contributed by atoms with Gasteiger partial charge < -0.3 is 5.32 Å². The highest BCUT2D eigenvalue weighted by atomic mass is 15.2. The van der Waals surface area contributed by atoms with Gasteiger partial charge in [-0.1, -0.05) is 6.07 Å². The summed E-state index contributed by atoms with van der Waals surface area (Å²) < 4.78 is 0. The van der Waals surface area contributed by atoms with Gasteiger partial charge in [0.25, 0.3) is 0 Å². The first-order valence-corrected chi connectivity index (χ1v) is 6.72. The van der Waals surface area contributed by atoms with Crippen LogP contribution >= 0.6 is 0 Å². The molecule has 17 heavy (non-hydrogen) atoms. The smallest absolute Gasteiger partial charge is 0.0570 e. The van der Waals surface area contributed by atoms with Crippen LogP contribution in [-0.2, 0) is 6.54 Å². The molecule has 2 fully saturated rings. The molecule has 2 aliphatic rings. The molecule has 3 heteroatoms. The van der Waals surface area contributed by atoms with E-state index in [4.69, 9.17) is 0 Å². The number of rotatable bonds is 3. The van der Waals surface area contributed by atoms with Crippen LogP contribution in [0.2, 0.25) is 0 Å². The maximum absolute atomic E-state index is 4.45. The van der Waals surface area contributed by atoms with Gasteiger partial charge in [0.1, 0.15) is 0 Å². The van der Waals surface area contributed by atoms with Crippen LogP contribution in [0.25, 0.3) is 0 Å². The molecule has 0 saturated carbocycles. The predicted molar refractivity (Wildman–Crippen MR) is 68.8 cm³/mol. The molecule has 3 rings (SSSR count). The van der Waals surface area contributed by atoms with Crippen molar-refractivity contribution in [3.05, 3.63) is 29.6 Å². The topological polar surface area (TPSA) is 28.2 Å². The predicted octanol–water partition coefficient (Wildman–Crippen LogP) is 1.72. The van der Waals surface area contributed by atoms with Crippen LogP contribution in [0.15, 0.2) is 18.3 Å². The lowest BCUT2D eigenvalue weighted by Crippen LogP contribution is -2.38. The van der Waals surface area contributed by atoms with Gasteiger partial charge in [0.05, 0.1) is 5.69 Å². The maximum atomic E-state index is 4.45.